The van der Waals surface area contributed by atoms with Gasteiger partial charge in [0.05, 0.1) is 25.8 Å². The summed E-state index contributed by atoms with van der Waals surface area (Å²) < 4.78 is 5.19. The van der Waals surface area contributed by atoms with Gasteiger partial charge >= 0.3 is 0 Å². The molecule has 5 nitrogen and oxygen atoms in total. The second-order valence-corrected chi connectivity index (χ2v) is 7.22. The minimum absolute atomic E-state index is 0.0201. The van der Waals surface area contributed by atoms with Crippen molar-refractivity contribution in [2.45, 2.75) is 30.8 Å². The summed E-state index contributed by atoms with van der Waals surface area (Å²) in [4.78, 5) is 14.0. The van der Waals surface area contributed by atoms with Gasteiger partial charge in [0, 0.05) is 11.8 Å². The van der Waals surface area contributed by atoms with Gasteiger partial charge < -0.3 is 14.7 Å². The fourth-order valence-corrected chi connectivity index (χ4v) is 3.93. The minimum atomic E-state index is -0.498. The number of benzene rings is 2. The number of carbonyl (C=O) groups excluding carboxylic acids is 1. The standard InChI is InChI=1S/C22H22N2O3/c1-27-18-10-8-15(9-11-18)14-2-4-16(5-3-14)21-19(12-23)24(20(21)13-25)22(26)17-6-7-17/h2-5,8-11,17,19-21,25H,6-7,13H2,1H3/t19-,20+,21+/m1/s1. The normalized spacial score (nSPS) is 24.0. The summed E-state index contributed by atoms with van der Waals surface area (Å²) in [6.07, 6.45) is 1.79. The minimum Gasteiger partial charge on any atom is -0.497 e. The second kappa shape index (κ2) is 7.05. The van der Waals surface area contributed by atoms with Crippen molar-refractivity contribution in [3.63, 3.8) is 0 Å². The molecule has 0 spiro atoms. The molecule has 1 saturated heterocycles. The summed E-state index contributed by atoms with van der Waals surface area (Å²) in [6, 6.07) is 17.3. The average Bonchev–Trinajstić information content (AvgIpc) is 3.54. The number of hydrogen-bond donors (Lipinski definition) is 1. The molecule has 2 aliphatic rings. The van der Waals surface area contributed by atoms with Crippen LogP contribution in [0, 0.1) is 17.2 Å². The van der Waals surface area contributed by atoms with Crippen molar-refractivity contribution in [1.82, 2.24) is 4.90 Å². The highest BCUT2D eigenvalue weighted by Crippen LogP contribution is 2.44. The molecule has 3 atom stereocenters. The topological polar surface area (TPSA) is 73.6 Å². The monoisotopic (exact) mass is 362 g/mol. The average molecular weight is 362 g/mol. The zero-order chi connectivity index (χ0) is 19.0. The van der Waals surface area contributed by atoms with E-state index in [1.54, 1.807) is 12.0 Å². The van der Waals surface area contributed by atoms with Crippen LogP contribution >= 0.6 is 0 Å². The van der Waals surface area contributed by atoms with E-state index in [9.17, 15) is 15.2 Å². The van der Waals surface area contributed by atoms with Gasteiger partial charge in [0.15, 0.2) is 0 Å². The molecule has 1 aliphatic heterocycles. The molecule has 0 radical (unpaired) electrons. The van der Waals surface area contributed by atoms with Crippen molar-refractivity contribution >= 4 is 5.91 Å². The van der Waals surface area contributed by atoms with Gasteiger partial charge in [-0.15, -0.1) is 0 Å². The maximum absolute atomic E-state index is 12.4. The number of aliphatic hydroxyl groups excluding tert-OH is 1. The number of methoxy groups -OCH3 is 1. The number of amides is 1. The first kappa shape index (κ1) is 17.6. The Hall–Kier alpha value is -2.84. The highest BCUT2D eigenvalue weighted by atomic mass is 16.5. The molecular weight excluding hydrogens is 340 g/mol. The van der Waals surface area contributed by atoms with Gasteiger partial charge in [0.2, 0.25) is 5.91 Å². The fourth-order valence-electron chi connectivity index (χ4n) is 3.93. The number of hydrogen-bond acceptors (Lipinski definition) is 4. The Bertz CT molecular complexity index is 866. The van der Waals surface area contributed by atoms with E-state index in [1.165, 1.54) is 0 Å². The molecule has 5 heteroatoms. The molecule has 1 amide bonds. The Morgan fingerprint density at radius 3 is 2.22 bits per heavy atom. The first-order valence-electron chi connectivity index (χ1n) is 9.25. The van der Waals surface area contributed by atoms with Crippen molar-refractivity contribution in [2.24, 2.45) is 5.92 Å². The molecule has 1 N–H and O–H groups in total. The van der Waals surface area contributed by atoms with E-state index in [2.05, 4.69) is 6.07 Å². The number of likely N-dealkylation sites (tertiary alicyclic amines) is 1. The van der Waals surface area contributed by atoms with Gasteiger partial charge in [-0.05, 0) is 41.7 Å². The van der Waals surface area contributed by atoms with E-state index in [-0.39, 0.29) is 30.4 Å². The third kappa shape index (κ3) is 3.07. The molecule has 2 aromatic rings. The maximum atomic E-state index is 12.4. The summed E-state index contributed by atoms with van der Waals surface area (Å²) >= 11 is 0. The maximum Gasteiger partial charge on any atom is 0.227 e. The van der Waals surface area contributed by atoms with Crippen LogP contribution in [0.2, 0.25) is 0 Å². The van der Waals surface area contributed by atoms with Crippen LogP contribution in [0.4, 0.5) is 0 Å². The molecule has 2 aromatic carbocycles. The summed E-state index contributed by atoms with van der Waals surface area (Å²) in [6.45, 7) is -0.123. The number of carbonyl (C=O) groups is 1. The first-order valence-corrected chi connectivity index (χ1v) is 9.25. The molecule has 1 heterocycles. The summed E-state index contributed by atoms with van der Waals surface area (Å²) in [5, 5.41) is 19.4. The molecule has 4 rings (SSSR count). The van der Waals surface area contributed by atoms with Gasteiger partial charge in [-0.25, -0.2) is 0 Å². The van der Waals surface area contributed by atoms with Gasteiger partial charge in [0.1, 0.15) is 11.8 Å². The number of rotatable bonds is 5. The molecule has 27 heavy (non-hydrogen) atoms. The van der Waals surface area contributed by atoms with E-state index in [0.29, 0.717) is 0 Å². The van der Waals surface area contributed by atoms with E-state index in [1.807, 2.05) is 48.5 Å². The first-order chi connectivity index (χ1) is 13.2. The van der Waals surface area contributed by atoms with E-state index in [0.717, 1.165) is 35.3 Å². The zero-order valence-corrected chi connectivity index (χ0v) is 15.2. The predicted octanol–water partition coefficient (Wildman–Crippen LogP) is 2.95. The predicted molar refractivity (Wildman–Crippen MR) is 101 cm³/mol. The molecule has 2 fully saturated rings. The smallest absolute Gasteiger partial charge is 0.227 e. The van der Waals surface area contributed by atoms with Gasteiger partial charge in [0.25, 0.3) is 0 Å². The summed E-state index contributed by atoms with van der Waals surface area (Å²) in [7, 11) is 1.64. The zero-order valence-electron chi connectivity index (χ0n) is 15.2. The molecule has 0 aromatic heterocycles. The Labute approximate surface area is 158 Å². The van der Waals surface area contributed by atoms with Crippen LogP contribution in [-0.2, 0) is 4.79 Å². The lowest BCUT2D eigenvalue weighted by atomic mass is 9.75. The molecule has 1 aliphatic carbocycles. The Kier molecular flexibility index (Phi) is 4.59. The molecule has 1 saturated carbocycles. The van der Waals surface area contributed by atoms with Crippen LogP contribution in [0.1, 0.15) is 24.3 Å². The lowest BCUT2D eigenvalue weighted by molar-refractivity contribution is -0.148. The van der Waals surface area contributed by atoms with Crippen molar-refractivity contribution in [2.75, 3.05) is 13.7 Å². The molecular formula is C22H22N2O3. The third-order valence-electron chi connectivity index (χ3n) is 5.63. The highest BCUT2D eigenvalue weighted by Gasteiger charge is 2.53. The number of aliphatic hydroxyl groups is 1. The number of nitrogens with zero attached hydrogens (tertiary/aromatic N) is 2. The summed E-state index contributed by atoms with van der Waals surface area (Å²) in [5.74, 6) is 0.737. The van der Waals surface area contributed by atoms with E-state index < -0.39 is 6.04 Å². The SMILES string of the molecule is COc1ccc(-c2ccc([C@H]3[C@@H](C#N)N(C(=O)C4CC4)[C@H]3CO)cc2)cc1. The quantitative estimate of drug-likeness (QED) is 0.887. The second-order valence-electron chi connectivity index (χ2n) is 7.22. The van der Waals surface area contributed by atoms with Crippen LogP contribution in [0.15, 0.2) is 48.5 Å². The van der Waals surface area contributed by atoms with E-state index in [4.69, 9.17) is 4.74 Å². The Morgan fingerprint density at radius 2 is 1.74 bits per heavy atom. The van der Waals surface area contributed by atoms with Crippen molar-refractivity contribution in [3.8, 4) is 22.9 Å². The Morgan fingerprint density at radius 1 is 1.15 bits per heavy atom. The lowest BCUT2D eigenvalue weighted by Gasteiger charge is -2.51. The summed E-state index contributed by atoms with van der Waals surface area (Å²) in [5.41, 5.74) is 3.13. The molecule has 138 valence electrons. The third-order valence-corrected chi connectivity index (χ3v) is 5.63. The van der Waals surface area contributed by atoms with Crippen molar-refractivity contribution in [1.29, 1.82) is 5.26 Å². The highest BCUT2D eigenvalue weighted by molar-refractivity contribution is 5.83. The number of ether oxygens (including phenoxy) is 1. The van der Waals surface area contributed by atoms with Crippen molar-refractivity contribution < 1.29 is 14.6 Å². The van der Waals surface area contributed by atoms with Crippen molar-refractivity contribution in [3.05, 3.63) is 54.1 Å². The Balaban J connectivity index is 1.55. The fraction of sp³-hybridized carbons (Fsp3) is 0.364. The van der Waals surface area contributed by atoms with Gasteiger partial charge in [-0.3, -0.25) is 4.79 Å². The van der Waals surface area contributed by atoms with Gasteiger partial charge in [-0.1, -0.05) is 36.4 Å². The molecule has 0 bridgehead atoms. The van der Waals surface area contributed by atoms with Crippen LogP contribution in [0.5, 0.6) is 5.75 Å². The van der Waals surface area contributed by atoms with Crippen LogP contribution in [0.25, 0.3) is 11.1 Å². The van der Waals surface area contributed by atoms with E-state index >= 15 is 0 Å². The van der Waals surface area contributed by atoms with Gasteiger partial charge in [-0.2, -0.15) is 5.26 Å². The molecule has 0 unspecified atom stereocenters. The number of nitriles is 1. The van der Waals surface area contributed by atoms with Crippen LogP contribution < -0.4 is 4.74 Å². The van der Waals surface area contributed by atoms with Crippen LogP contribution in [-0.4, -0.2) is 41.7 Å². The lowest BCUT2D eigenvalue weighted by Crippen LogP contribution is -2.65. The van der Waals surface area contributed by atoms with Crippen LogP contribution in [0.3, 0.4) is 0 Å². The largest absolute Gasteiger partial charge is 0.497 e.